The minimum absolute atomic E-state index is 0.532. The first-order chi connectivity index (χ1) is 18.2. The molecular formula is C31H22N4OS. The van der Waals surface area contributed by atoms with Gasteiger partial charge in [0, 0.05) is 29.7 Å². The van der Waals surface area contributed by atoms with Crippen LogP contribution in [0.2, 0.25) is 0 Å². The minimum atomic E-state index is 0.532. The lowest BCUT2D eigenvalue weighted by atomic mass is 9.95. The van der Waals surface area contributed by atoms with Gasteiger partial charge in [0.25, 0.3) is 0 Å². The number of hydrogen-bond donors (Lipinski definition) is 0. The molecule has 0 radical (unpaired) electrons. The van der Waals surface area contributed by atoms with Gasteiger partial charge in [-0.2, -0.15) is 5.26 Å². The van der Waals surface area contributed by atoms with E-state index >= 15 is 0 Å². The second-order valence-corrected chi connectivity index (χ2v) is 9.93. The molecule has 1 aliphatic heterocycles. The van der Waals surface area contributed by atoms with Crippen LogP contribution >= 0.6 is 11.3 Å². The summed E-state index contributed by atoms with van der Waals surface area (Å²) in [6.45, 7) is 1.77. The van der Waals surface area contributed by atoms with E-state index < -0.39 is 0 Å². The minimum Gasteiger partial charge on any atom is -0.352 e. The Morgan fingerprint density at radius 3 is 2.57 bits per heavy atom. The Labute approximate surface area is 218 Å². The number of rotatable bonds is 6. The zero-order valence-electron chi connectivity index (χ0n) is 20.0. The lowest BCUT2D eigenvalue weighted by Gasteiger charge is -2.20. The van der Waals surface area contributed by atoms with Crippen molar-refractivity contribution in [1.82, 2.24) is 14.5 Å². The fourth-order valence-corrected chi connectivity index (χ4v) is 5.79. The Hall–Kier alpha value is -4.69. The van der Waals surface area contributed by atoms with E-state index in [1.165, 1.54) is 10.8 Å². The summed E-state index contributed by atoms with van der Waals surface area (Å²) in [5.41, 5.74) is 6.54. The van der Waals surface area contributed by atoms with Gasteiger partial charge in [0.1, 0.15) is 5.70 Å². The number of aromatic nitrogens is 2. The second-order valence-electron chi connectivity index (χ2n) is 8.99. The number of allylic oxidation sites excluding steroid dienone is 1. The number of hydrogen-bond acceptors (Lipinski definition) is 5. The van der Waals surface area contributed by atoms with Crippen LogP contribution in [0.15, 0.2) is 102 Å². The largest absolute Gasteiger partial charge is 0.352 e. The molecule has 0 saturated heterocycles. The maximum absolute atomic E-state index is 12.4. The van der Waals surface area contributed by atoms with Crippen LogP contribution < -0.4 is 0 Å². The third kappa shape index (κ3) is 4.28. The van der Waals surface area contributed by atoms with E-state index in [2.05, 4.69) is 68.9 Å². The van der Waals surface area contributed by atoms with Crippen LogP contribution in [0.4, 0.5) is 0 Å². The molecule has 1 aliphatic rings. The van der Waals surface area contributed by atoms with Crippen LogP contribution in [-0.2, 0) is 17.9 Å². The molecule has 0 spiro atoms. The Balaban J connectivity index is 1.37. The molecule has 0 saturated carbocycles. The third-order valence-corrected chi connectivity index (χ3v) is 7.66. The molecule has 5 aromatic rings. The van der Waals surface area contributed by atoms with Crippen LogP contribution in [0.1, 0.15) is 27.3 Å². The molecule has 3 aromatic carbocycles. The van der Waals surface area contributed by atoms with Crippen molar-refractivity contribution in [1.29, 1.82) is 5.26 Å². The molecule has 0 N–H and O–H groups in total. The maximum Gasteiger partial charge on any atom is 0.151 e. The van der Waals surface area contributed by atoms with Gasteiger partial charge in [0.05, 0.1) is 30.2 Å². The Morgan fingerprint density at radius 1 is 0.946 bits per heavy atom. The van der Waals surface area contributed by atoms with Crippen LogP contribution in [-0.4, -0.2) is 26.9 Å². The van der Waals surface area contributed by atoms with E-state index in [1.54, 1.807) is 11.3 Å². The lowest BCUT2D eigenvalue weighted by molar-refractivity contribution is 0.393. The Bertz CT molecular complexity index is 1710. The molecule has 178 valence electrons. The summed E-state index contributed by atoms with van der Waals surface area (Å²) in [6, 6.07) is 28.5. The quantitative estimate of drug-likeness (QED) is 0.263. The molecule has 0 aliphatic carbocycles. The van der Waals surface area contributed by atoms with Crippen LogP contribution in [0.25, 0.3) is 21.9 Å². The molecule has 6 heteroatoms. The van der Waals surface area contributed by atoms with Crippen molar-refractivity contribution in [2.45, 2.75) is 13.1 Å². The van der Waals surface area contributed by atoms with Gasteiger partial charge in [-0.05, 0) is 51.1 Å². The first kappa shape index (κ1) is 22.8. The maximum atomic E-state index is 12.4. The summed E-state index contributed by atoms with van der Waals surface area (Å²) in [6.07, 6.45) is 3.67. The van der Waals surface area contributed by atoms with Crippen molar-refractivity contribution in [2.75, 3.05) is 6.54 Å². The van der Waals surface area contributed by atoms with Gasteiger partial charge in [0.2, 0.25) is 0 Å². The summed E-state index contributed by atoms with van der Waals surface area (Å²) in [7, 11) is 0. The second kappa shape index (κ2) is 9.75. The molecule has 37 heavy (non-hydrogen) atoms. The van der Waals surface area contributed by atoms with Crippen molar-refractivity contribution in [2.24, 2.45) is 0 Å². The Morgan fingerprint density at radius 2 is 1.78 bits per heavy atom. The number of benzene rings is 3. The SMILES string of the molecule is N#Cc1ccc(Cn2cncc2CN2CC(c3cccc4ccccc34)=C(c3cccs3)C2=C=O)cc1. The van der Waals surface area contributed by atoms with Crippen molar-refractivity contribution in [3.8, 4) is 6.07 Å². The van der Waals surface area contributed by atoms with Gasteiger partial charge in [-0.25, -0.2) is 9.78 Å². The predicted molar refractivity (Wildman–Crippen MR) is 147 cm³/mol. The monoisotopic (exact) mass is 498 g/mol. The number of thiophene rings is 1. The number of imidazole rings is 1. The van der Waals surface area contributed by atoms with Crippen molar-refractivity contribution in [3.63, 3.8) is 0 Å². The Kier molecular flexibility index (Phi) is 6.00. The van der Waals surface area contributed by atoms with E-state index in [0.29, 0.717) is 30.9 Å². The summed E-state index contributed by atoms with van der Waals surface area (Å²) >= 11 is 1.64. The predicted octanol–water partition coefficient (Wildman–Crippen LogP) is 6.16. The highest BCUT2D eigenvalue weighted by Gasteiger charge is 2.31. The molecule has 0 unspecified atom stereocenters. The fraction of sp³-hybridized carbons (Fsp3) is 0.0968. The third-order valence-electron chi connectivity index (χ3n) is 6.77. The van der Waals surface area contributed by atoms with Crippen molar-refractivity contribution < 1.29 is 4.79 Å². The van der Waals surface area contributed by atoms with Gasteiger partial charge in [0.15, 0.2) is 5.94 Å². The van der Waals surface area contributed by atoms with Gasteiger partial charge in [-0.3, -0.25) is 0 Å². The van der Waals surface area contributed by atoms with Crippen molar-refractivity contribution >= 4 is 39.2 Å². The molecule has 6 rings (SSSR count). The molecule has 5 nitrogen and oxygen atoms in total. The van der Waals surface area contributed by atoms with Crippen LogP contribution in [0, 0.1) is 11.3 Å². The molecule has 0 amide bonds. The smallest absolute Gasteiger partial charge is 0.151 e. The van der Waals surface area contributed by atoms with Crippen LogP contribution in [0.3, 0.4) is 0 Å². The van der Waals surface area contributed by atoms with E-state index in [0.717, 1.165) is 32.8 Å². The zero-order valence-corrected chi connectivity index (χ0v) is 20.8. The van der Waals surface area contributed by atoms with Crippen molar-refractivity contribution in [3.05, 3.63) is 130 Å². The summed E-state index contributed by atoms with van der Waals surface area (Å²) in [4.78, 5) is 20.0. The highest BCUT2D eigenvalue weighted by atomic mass is 32.1. The summed E-state index contributed by atoms with van der Waals surface area (Å²) in [5, 5.41) is 13.5. The summed E-state index contributed by atoms with van der Waals surface area (Å²) in [5.74, 6) is 2.28. The number of fused-ring (bicyclic) bond motifs is 1. The first-order valence-corrected chi connectivity index (χ1v) is 12.9. The van der Waals surface area contributed by atoms with E-state index in [4.69, 9.17) is 5.26 Å². The number of nitriles is 1. The average Bonchev–Trinajstić information content (AvgIpc) is 3.69. The molecule has 0 bridgehead atoms. The zero-order chi connectivity index (χ0) is 25.2. The number of nitrogens with zero attached hydrogens (tertiary/aromatic N) is 4. The molecule has 2 aromatic heterocycles. The van der Waals surface area contributed by atoms with E-state index in [-0.39, 0.29) is 0 Å². The van der Waals surface area contributed by atoms with E-state index in [1.807, 2.05) is 54.3 Å². The highest BCUT2D eigenvalue weighted by molar-refractivity contribution is 7.11. The van der Waals surface area contributed by atoms with Gasteiger partial charge < -0.3 is 9.47 Å². The number of carbonyl (C=O) groups excluding carboxylic acids is 1. The summed E-state index contributed by atoms with van der Waals surface area (Å²) < 4.78 is 2.09. The molecule has 3 heterocycles. The molecule has 0 atom stereocenters. The average molecular weight is 499 g/mol. The molecule has 0 fully saturated rings. The highest BCUT2D eigenvalue weighted by Crippen LogP contribution is 2.43. The van der Waals surface area contributed by atoms with E-state index in [9.17, 15) is 4.79 Å². The fourth-order valence-electron chi connectivity index (χ4n) is 4.99. The van der Waals surface area contributed by atoms with Crippen LogP contribution in [0.5, 0.6) is 0 Å². The van der Waals surface area contributed by atoms with Gasteiger partial charge in [-0.15, -0.1) is 11.3 Å². The lowest BCUT2D eigenvalue weighted by Crippen LogP contribution is -2.22. The van der Waals surface area contributed by atoms with Gasteiger partial charge >= 0.3 is 0 Å². The normalized spacial score (nSPS) is 13.3. The standard InChI is InChI=1S/C31H22N4OS/c32-15-22-10-12-23(13-11-22)17-35-21-33-16-25(35)18-34-19-28(31(29(34)20-36)30-9-4-14-37-30)27-8-3-6-24-5-1-2-7-26(24)27/h1-14,16,21H,17-19H2. The topological polar surface area (TPSA) is 61.9 Å². The van der Waals surface area contributed by atoms with Gasteiger partial charge in [-0.1, -0.05) is 60.7 Å². The first-order valence-electron chi connectivity index (χ1n) is 12.0. The molecular weight excluding hydrogens is 476 g/mol.